The number of primary sulfonamides is 1. The molecule has 0 spiro atoms. The van der Waals surface area contributed by atoms with Crippen LogP contribution in [0, 0.1) is 5.82 Å². The van der Waals surface area contributed by atoms with E-state index in [0.717, 1.165) is 6.07 Å². The molecule has 3 N–H and O–H groups in total. The number of benzene rings is 2. The van der Waals surface area contributed by atoms with Crippen molar-refractivity contribution in [3.8, 4) is 11.5 Å². The number of hydrogen-bond donors (Lipinski definition) is 2. The van der Waals surface area contributed by atoms with E-state index in [0.29, 0.717) is 5.70 Å². The second-order valence-corrected chi connectivity index (χ2v) is 8.21. The van der Waals surface area contributed by atoms with Crippen LogP contribution in [0.1, 0.15) is 16.8 Å². The van der Waals surface area contributed by atoms with Gasteiger partial charge in [0.15, 0.2) is 0 Å². The molecule has 0 saturated heterocycles. The van der Waals surface area contributed by atoms with Crippen molar-refractivity contribution in [1.29, 1.82) is 0 Å². The van der Waals surface area contributed by atoms with Gasteiger partial charge in [-0.2, -0.15) is 0 Å². The first-order valence-electron chi connectivity index (χ1n) is 8.17. The predicted octanol–water partition coefficient (Wildman–Crippen LogP) is 3.50. The first-order chi connectivity index (χ1) is 13.2. The lowest BCUT2D eigenvalue weighted by molar-refractivity contribution is 0.0964. The summed E-state index contributed by atoms with van der Waals surface area (Å²) < 4.78 is 41.9. The summed E-state index contributed by atoms with van der Waals surface area (Å²) >= 11 is 5.97. The molecule has 1 amide bonds. The minimum atomic E-state index is -3.77. The van der Waals surface area contributed by atoms with Crippen LogP contribution in [-0.2, 0) is 10.0 Å². The fourth-order valence-corrected chi connectivity index (χ4v) is 3.50. The van der Waals surface area contributed by atoms with Crippen LogP contribution in [0.15, 0.2) is 66.4 Å². The van der Waals surface area contributed by atoms with Crippen molar-refractivity contribution in [2.75, 3.05) is 0 Å². The van der Waals surface area contributed by atoms with E-state index in [9.17, 15) is 17.6 Å². The third kappa shape index (κ3) is 4.78. The number of carbonyl (C=O) groups excluding carboxylic acids is 1. The summed E-state index contributed by atoms with van der Waals surface area (Å²) in [5.74, 6) is -0.630. The van der Waals surface area contributed by atoms with Crippen LogP contribution in [0.2, 0.25) is 5.02 Å². The summed E-state index contributed by atoms with van der Waals surface area (Å²) in [5, 5.41) is 6.95. The summed E-state index contributed by atoms with van der Waals surface area (Å²) in [6.45, 7) is 0. The van der Waals surface area contributed by atoms with Crippen molar-refractivity contribution in [1.82, 2.24) is 5.32 Å². The van der Waals surface area contributed by atoms with Crippen molar-refractivity contribution >= 4 is 27.5 Å². The van der Waals surface area contributed by atoms with Gasteiger partial charge in [0, 0.05) is 5.70 Å². The SMILES string of the molecule is NS(=O)(=O)C1C=C(NC(=O)c2ccccc2Oc2ccc(F)cc2Cl)C=CC1. The quantitative estimate of drug-likeness (QED) is 0.770. The highest BCUT2D eigenvalue weighted by molar-refractivity contribution is 7.89. The van der Waals surface area contributed by atoms with E-state index in [-0.39, 0.29) is 28.5 Å². The van der Waals surface area contributed by atoms with Crippen LogP contribution >= 0.6 is 11.6 Å². The predicted molar refractivity (Wildman–Crippen MR) is 104 cm³/mol. The van der Waals surface area contributed by atoms with Crippen LogP contribution in [0.25, 0.3) is 0 Å². The Labute approximate surface area is 166 Å². The molecule has 0 heterocycles. The maximum atomic E-state index is 13.2. The summed E-state index contributed by atoms with van der Waals surface area (Å²) in [6.07, 6.45) is 4.83. The fourth-order valence-electron chi connectivity index (χ4n) is 2.58. The molecule has 6 nitrogen and oxygen atoms in total. The zero-order valence-corrected chi connectivity index (χ0v) is 16.0. The first kappa shape index (κ1) is 20.1. The second kappa shape index (κ2) is 8.14. The topological polar surface area (TPSA) is 98.5 Å². The second-order valence-electron chi connectivity index (χ2n) is 6.01. The number of carbonyl (C=O) groups is 1. The monoisotopic (exact) mass is 422 g/mol. The number of halogens is 2. The van der Waals surface area contributed by atoms with E-state index in [2.05, 4.69) is 5.32 Å². The Morgan fingerprint density at radius 3 is 2.68 bits per heavy atom. The molecule has 2 aromatic rings. The first-order valence-corrected chi connectivity index (χ1v) is 10.2. The van der Waals surface area contributed by atoms with Crippen LogP contribution in [0.5, 0.6) is 11.5 Å². The van der Waals surface area contributed by atoms with Gasteiger partial charge in [0.25, 0.3) is 5.91 Å². The van der Waals surface area contributed by atoms with Crippen molar-refractivity contribution in [2.24, 2.45) is 5.14 Å². The summed E-state index contributed by atoms with van der Waals surface area (Å²) in [6, 6.07) is 10.1. The third-order valence-electron chi connectivity index (χ3n) is 3.96. The van der Waals surface area contributed by atoms with Crippen molar-refractivity contribution in [3.05, 3.63) is 82.8 Å². The Morgan fingerprint density at radius 1 is 1.21 bits per heavy atom. The van der Waals surface area contributed by atoms with Gasteiger partial charge in [-0.3, -0.25) is 4.79 Å². The van der Waals surface area contributed by atoms with E-state index in [1.54, 1.807) is 30.4 Å². The molecular weight excluding hydrogens is 407 g/mol. The Balaban J connectivity index is 1.83. The summed E-state index contributed by atoms with van der Waals surface area (Å²) in [7, 11) is -3.77. The molecule has 9 heteroatoms. The molecule has 0 saturated carbocycles. The highest BCUT2D eigenvalue weighted by Crippen LogP contribution is 2.31. The number of allylic oxidation sites excluding steroid dienone is 2. The largest absolute Gasteiger partial charge is 0.455 e. The Hall–Kier alpha value is -2.68. The van der Waals surface area contributed by atoms with Gasteiger partial charge in [-0.25, -0.2) is 17.9 Å². The highest BCUT2D eigenvalue weighted by Gasteiger charge is 2.22. The average molecular weight is 423 g/mol. The van der Waals surface area contributed by atoms with E-state index >= 15 is 0 Å². The molecule has 1 aliphatic carbocycles. The van der Waals surface area contributed by atoms with Crippen LogP contribution in [-0.4, -0.2) is 19.6 Å². The minimum absolute atomic E-state index is 0.0594. The number of rotatable bonds is 5. The lowest BCUT2D eigenvalue weighted by atomic mass is 10.1. The molecule has 1 atom stereocenters. The molecule has 146 valence electrons. The van der Waals surface area contributed by atoms with E-state index in [4.69, 9.17) is 21.5 Å². The van der Waals surface area contributed by atoms with E-state index < -0.39 is 27.0 Å². The minimum Gasteiger partial charge on any atom is -0.455 e. The Bertz CT molecular complexity index is 1080. The lowest BCUT2D eigenvalue weighted by Gasteiger charge is -2.16. The van der Waals surface area contributed by atoms with Gasteiger partial charge < -0.3 is 10.1 Å². The molecule has 0 aliphatic heterocycles. The average Bonchev–Trinajstić information content (AvgIpc) is 2.64. The molecule has 0 aromatic heterocycles. The molecule has 3 rings (SSSR count). The van der Waals surface area contributed by atoms with Gasteiger partial charge in [0.05, 0.1) is 15.8 Å². The number of amides is 1. The van der Waals surface area contributed by atoms with Crippen LogP contribution in [0.4, 0.5) is 4.39 Å². The zero-order valence-electron chi connectivity index (χ0n) is 14.4. The molecule has 1 aliphatic rings. The number of para-hydroxylation sites is 1. The Kier molecular flexibility index (Phi) is 5.83. The highest BCUT2D eigenvalue weighted by atomic mass is 35.5. The zero-order chi connectivity index (χ0) is 20.3. The van der Waals surface area contributed by atoms with E-state index in [1.165, 1.54) is 24.3 Å². The van der Waals surface area contributed by atoms with Crippen molar-refractivity contribution < 1.29 is 22.3 Å². The van der Waals surface area contributed by atoms with Crippen LogP contribution in [0.3, 0.4) is 0 Å². The van der Waals surface area contributed by atoms with Gasteiger partial charge in [-0.1, -0.05) is 29.8 Å². The summed E-state index contributed by atoms with van der Waals surface area (Å²) in [4.78, 5) is 12.7. The van der Waals surface area contributed by atoms with E-state index in [1.807, 2.05) is 0 Å². The molecular formula is C19H16ClFN2O4S. The standard InChI is InChI=1S/C19H16ClFN2O4S/c20-16-10-12(21)8-9-18(16)27-17-7-2-1-6-15(17)19(24)23-13-4-3-5-14(11-13)28(22,25)26/h1-4,6-11,14H,5H2,(H,23,24)(H2,22,25,26). The Morgan fingerprint density at radius 2 is 1.96 bits per heavy atom. The van der Waals surface area contributed by atoms with Gasteiger partial charge in [-0.05, 0) is 48.9 Å². The number of nitrogens with one attached hydrogen (secondary N) is 1. The molecule has 0 fully saturated rings. The number of sulfonamides is 1. The maximum absolute atomic E-state index is 13.2. The smallest absolute Gasteiger partial charge is 0.259 e. The molecule has 28 heavy (non-hydrogen) atoms. The van der Waals surface area contributed by atoms with Gasteiger partial charge in [0.1, 0.15) is 17.3 Å². The molecule has 1 unspecified atom stereocenters. The molecule has 0 radical (unpaired) electrons. The van der Waals surface area contributed by atoms with Gasteiger partial charge in [-0.15, -0.1) is 0 Å². The van der Waals surface area contributed by atoms with Gasteiger partial charge >= 0.3 is 0 Å². The van der Waals surface area contributed by atoms with Crippen molar-refractivity contribution in [2.45, 2.75) is 11.7 Å². The number of hydrogen-bond acceptors (Lipinski definition) is 4. The van der Waals surface area contributed by atoms with Crippen LogP contribution < -0.4 is 15.2 Å². The third-order valence-corrected chi connectivity index (χ3v) is 5.42. The lowest BCUT2D eigenvalue weighted by Crippen LogP contribution is -2.31. The number of ether oxygens (including phenoxy) is 1. The normalized spacial score (nSPS) is 16.4. The maximum Gasteiger partial charge on any atom is 0.259 e. The van der Waals surface area contributed by atoms with Crippen molar-refractivity contribution in [3.63, 3.8) is 0 Å². The molecule has 0 bridgehead atoms. The van der Waals surface area contributed by atoms with Gasteiger partial charge in [0.2, 0.25) is 10.0 Å². The summed E-state index contributed by atoms with van der Waals surface area (Å²) in [5.41, 5.74) is 0.500. The fraction of sp³-hybridized carbons (Fsp3) is 0.105. The number of nitrogens with two attached hydrogens (primary N) is 1. The molecule has 2 aromatic carbocycles.